The lowest BCUT2D eigenvalue weighted by Gasteiger charge is -2.29. The molecule has 8 heteroatoms. The molecule has 2 aliphatic heterocycles. The molecule has 1 atom stereocenters. The molecule has 2 aromatic rings. The van der Waals surface area contributed by atoms with Crippen LogP contribution in [-0.4, -0.2) is 46.6 Å². The Morgan fingerprint density at radius 1 is 1.07 bits per heavy atom. The second kappa shape index (κ2) is 8.08. The first-order valence-corrected chi connectivity index (χ1v) is 9.76. The van der Waals surface area contributed by atoms with Crippen molar-refractivity contribution in [2.24, 2.45) is 0 Å². The van der Waals surface area contributed by atoms with Gasteiger partial charge in [-0.1, -0.05) is 30.3 Å². The van der Waals surface area contributed by atoms with Crippen LogP contribution in [-0.2, 0) is 22.7 Å². The maximum absolute atomic E-state index is 13.0. The molecule has 154 valence electrons. The summed E-state index contributed by atoms with van der Waals surface area (Å²) in [6.45, 7) is 0.931. The van der Waals surface area contributed by atoms with E-state index in [-0.39, 0.29) is 11.8 Å². The number of carbonyl (C=O) groups excluding carboxylic acids is 4. The molecule has 8 nitrogen and oxygen atoms in total. The predicted molar refractivity (Wildman–Crippen MR) is 109 cm³/mol. The number of hydrogen-bond acceptors (Lipinski definition) is 5. The maximum Gasteiger partial charge on any atom is 0.328 e. The number of amides is 5. The van der Waals surface area contributed by atoms with E-state index in [0.29, 0.717) is 37.2 Å². The molecule has 5 amide bonds. The number of urea groups is 1. The fraction of sp³-hybridized carbons (Fsp3) is 0.273. The first-order chi connectivity index (χ1) is 14.4. The van der Waals surface area contributed by atoms with E-state index < -0.39 is 18.0 Å². The largest absolute Gasteiger partial charge is 0.328 e. The molecule has 0 spiro atoms. The highest BCUT2D eigenvalue weighted by atomic mass is 16.2. The van der Waals surface area contributed by atoms with Gasteiger partial charge in [0.2, 0.25) is 11.8 Å². The highest BCUT2D eigenvalue weighted by Crippen LogP contribution is 2.30. The molecule has 1 saturated heterocycles. The van der Waals surface area contributed by atoms with Gasteiger partial charge in [-0.15, -0.1) is 0 Å². The lowest BCUT2D eigenvalue weighted by Crippen LogP contribution is -2.50. The van der Waals surface area contributed by atoms with E-state index in [1.807, 2.05) is 17.0 Å². The van der Waals surface area contributed by atoms with Crippen LogP contribution >= 0.6 is 0 Å². The molecule has 4 rings (SSSR count). The first-order valence-electron chi connectivity index (χ1n) is 9.76. The number of benzene rings is 2. The van der Waals surface area contributed by atoms with E-state index >= 15 is 0 Å². The third-order valence-corrected chi connectivity index (χ3v) is 5.52. The van der Waals surface area contributed by atoms with Crippen molar-refractivity contribution in [2.45, 2.75) is 32.0 Å². The van der Waals surface area contributed by atoms with Gasteiger partial charge in [-0.3, -0.25) is 29.5 Å². The van der Waals surface area contributed by atoms with Gasteiger partial charge in [0.25, 0.3) is 5.91 Å². The summed E-state index contributed by atoms with van der Waals surface area (Å²) < 4.78 is 0. The topological polar surface area (TPSA) is 98.8 Å². The third kappa shape index (κ3) is 3.81. The molecule has 0 bridgehead atoms. The van der Waals surface area contributed by atoms with E-state index in [1.54, 1.807) is 36.4 Å². The predicted octanol–water partition coefficient (Wildman–Crippen LogP) is 2.11. The molecule has 2 aromatic carbocycles. The van der Waals surface area contributed by atoms with Gasteiger partial charge in [0.05, 0.1) is 6.04 Å². The van der Waals surface area contributed by atoms with Crippen LogP contribution in [0.2, 0.25) is 0 Å². The van der Waals surface area contributed by atoms with Crippen molar-refractivity contribution in [3.8, 4) is 0 Å². The van der Waals surface area contributed by atoms with Crippen LogP contribution in [0.15, 0.2) is 48.5 Å². The van der Waals surface area contributed by atoms with Crippen molar-refractivity contribution in [1.29, 1.82) is 0 Å². The Balaban J connectivity index is 1.50. The molecule has 2 aliphatic rings. The van der Waals surface area contributed by atoms with E-state index in [4.69, 9.17) is 0 Å². The minimum atomic E-state index is -0.524. The molecule has 0 aromatic heterocycles. The van der Waals surface area contributed by atoms with Gasteiger partial charge in [-0.2, -0.15) is 0 Å². The first kappa shape index (κ1) is 19.8. The average molecular weight is 406 g/mol. The molecule has 1 unspecified atom stereocenters. The van der Waals surface area contributed by atoms with E-state index in [1.165, 1.54) is 7.05 Å². The summed E-state index contributed by atoms with van der Waals surface area (Å²) in [4.78, 5) is 52.2. The molecule has 0 aliphatic carbocycles. The second-order valence-electron chi connectivity index (χ2n) is 7.48. The van der Waals surface area contributed by atoms with Crippen LogP contribution in [0.4, 0.5) is 10.5 Å². The standard InChI is InChI=1S/C22H22N4O4/c1-25(22(30)23-15-7-3-2-4-8-15)21(29)16-9-5-6-14-12-26(13-17(14)16)18-10-11-19(27)24-20(18)28/h2-9,18H,10-13H2,1H3,(H,23,30)(H,24,27,28). The molecule has 2 heterocycles. The quantitative estimate of drug-likeness (QED) is 0.761. The highest BCUT2D eigenvalue weighted by molar-refractivity contribution is 6.08. The third-order valence-electron chi connectivity index (χ3n) is 5.52. The van der Waals surface area contributed by atoms with Gasteiger partial charge >= 0.3 is 6.03 Å². The van der Waals surface area contributed by atoms with Gasteiger partial charge in [0, 0.05) is 37.8 Å². The molecule has 1 fully saturated rings. The van der Waals surface area contributed by atoms with E-state index in [9.17, 15) is 19.2 Å². The summed E-state index contributed by atoms with van der Waals surface area (Å²) in [5.41, 5.74) is 2.80. The monoisotopic (exact) mass is 406 g/mol. The van der Waals surface area contributed by atoms with Crippen LogP contribution in [0, 0.1) is 0 Å². The summed E-state index contributed by atoms with van der Waals surface area (Å²) in [7, 11) is 1.44. The number of fused-ring (bicyclic) bond motifs is 1. The Kier molecular flexibility index (Phi) is 5.33. The average Bonchev–Trinajstić information content (AvgIpc) is 3.17. The number of imide groups is 2. The van der Waals surface area contributed by atoms with Gasteiger partial charge in [0.15, 0.2) is 0 Å². The van der Waals surface area contributed by atoms with Crippen molar-refractivity contribution in [3.05, 3.63) is 65.2 Å². The summed E-state index contributed by atoms with van der Waals surface area (Å²) in [6.07, 6.45) is 0.763. The smallest absolute Gasteiger partial charge is 0.307 e. The lowest BCUT2D eigenvalue weighted by molar-refractivity contribution is -0.137. The normalized spacial score (nSPS) is 18.5. The maximum atomic E-state index is 13.0. The number of hydrogen-bond donors (Lipinski definition) is 2. The van der Waals surface area contributed by atoms with E-state index in [2.05, 4.69) is 10.6 Å². The summed E-state index contributed by atoms with van der Waals surface area (Å²) >= 11 is 0. The number of anilines is 1. The van der Waals surface area contributed by atoms with Crippen LogP contribution in [0.25, 0.3) is 0 Å². The minimum absolute atomic E-state index is 0.255. The Morgan fingerprint density at radius 2 is 1.83 bits per heavy atom. The van der Waals surface area contributed by atoms with Gasteiger partial charge in [-0.05, 0) is 35.7 Å². The molecule has 0 radical (unpaired) electrons. The number of piperidine rings is 1. The Morgan fingerprint density at radius 3 is 2.57 bits per heavy atom. The van der Waals surface area contributed by atoms with Crippen molar-refractivity contribution in [2.75, 3.05) is 12.4 Å². The zero-order chi connectivity index (χ0) is 21.3. The van der Waals surface area contributed by atoms with Crippen molar-refractivity contribution in [3.63, 3.8) is 0 Å². The Bertz CT molecular complexity index is 1020. The number of para-hydroxylation sites is 1. The van der Waals surface area contributed by atoms with Crippen LogP contribution < -0.4 is 10.6 Å². The SMILES string of the molecule is CN(C(=O)Nc1ccccc1)C(=O)c1cccc2c1CN(C1CCC(=O)NC1=O)C2. The highest BCUT2D eigenvalue weighted by Gasteiger charge is 2.36. The van der Waals surface area contributed by atoms with Gasteiger partial charge < -0.3 is 5.32 Å². The summed E-state index contributed by atoms with van der Waals surface area (Å²) in [5.74, 6) is -0.966. The Labute approximate surface area is 173 Å². The van der Waals surface area contributed by atoms with Crippen LogP contribution in [0.1, 0.15) is 34.3 Å². The van der Waals surface area contributed by atoms with E-state index in [0.717, 1.165) is 16.0 Å². The zero-order valence-corrected chi connectivity index (χ0v) is 16.6. The molecule has 0 saturated carbocycles. The number of nitrogens with zero attached hydrogens (tertiary/aromatic N) is 2. The molecule has 2 N–H and O–H groups in total. The summed E-state index contributed by atoms with van der Waals surface area (Å²) in [6, 6.07) is 13.4. The zero-order valence-electron chi connectivity index (χ0n) is 16.6. The Hall–Kier alpha value is -3.52. The fourth-order valence-corrected chi connectivity index (χ4v) is 3.90. The molecule has 30 heavy (non-hydrogen) atoms. The number of nitrogens with one attached hydrogen (secondary N) is 2. The van der Waals surface area contributed by atoms with Crippen molar-refractivity contribution in [1.82, 2.24) is 15.1 Å². The fourth-order valence-electron chi connectivity index (χ4n) is 3.90. The van der Waals surface area contributed by atoms with Gasteiger partial charge in [-0.25, -0.2) is 4.79 Å². The van der Waals surface area contributed by atoms with Gasteiger partial charge in [0.1, 0.15) is 0 Å². The molecular weight excluding hydrogens is 384 g/mol. The lowest BCUT2D eigenvalue weighted by atomic mass is 10.0. The van der Waals surface area contributed by atoms with Crippen molar-refractivity contribution < 1.29 is 19.2 Å². The molecular formula is C22H22N4O4. The number of rotatable bonds is 3. The number of carbonyl (C=O) groups is 4. The van der Waals surface area contributed by atoms with Crippen LogP contribution in [0.5, 0.6) is 0 Å². The van der Waals surface area contributed by atoms with Crippen molar-refractivity contribution >= 4 is 29.4 Å². The second-order valence-corrected chi connectivity index (χ2v) is 7.48. The van der Waals surface area contributed by atoms with Crippen LogP contribution in [0.3, 0.4) is 0 Å². The summed E-state index contributed by atoms with van der Waals surface area (Å²) in [5, 5.41) is 5.08. The minimum Gasteiger partial charge on any atom is -0.307 e.